The van der Waals surface area contributed by atoms with Gasteiger partial charge in [0.1, 0.15) is 0 Å². The van der Waals surface area contributed by atoms with Gasteiger partial charge in [-0.3, -0.25) is 4.90 Å². The van der Waals surface area contributed by atoms with Gasteiger partial charge in [-0.05, 0) is 30.5 Å². The Bertz CT molecular complexity index is 576. The van der Waals surface area contributed by atoms with Gasteiger partial charge in [0, 0.05) is 19.1 Å². The molecule has 0 spiro atoms. The molecule has 4 rings (SSSR count). The van der Waals surface area contributed by atoms with Crippen molar-refractivity contribution in [1.29, 1.82) is 0 Å². The van der Waals surface area contributed by atoms with E-state index < -0.39 is 0 Å². The first-order valence-electron chi connectivity index (χ1n) is 8.32. The summed E-state index contributed by atoms with van der Waals surface area (Å²) in [5.41, 5.74) is 1.25. The molecule has 2 heterocycles. The number of ether oxygens (including phenoxy) is 4. The quantitative estimate of drug-likeness (QED) is 0.780. The van der Waals surface area contributed by atoms with Gasteiger partial charge in [0.15, 0.2) is 11.5 Å². The molecule has 124 valence electrons. The standard InChI is InChI=1S/C18H23NO4/c1-2-8-20-16-6-4-14-18(16)21-9-7-19(14)11-13-3-5-15-17(10-13)23-12-22-15/h2-3,5,10,14,16,18H,1,4,6-9,11-12H2/t14-,16-,18-/m1/s1. The SMILES string of the molecule is C=CCO[C@@H]1CC[C@@H]2[C@H]1OCCN2Cc1ccc2c(c1)OCO2. The molecular weight excluding hydrogens is 294 g/mol. The van der Waals surface area contributed by atoms with Crippen LogP contribution in [-0.4, -0.2) is 49.7 Å². The molecule has 0 radical (unpaired) electrons. The second-order valence-corrected chi connectivity index (χ2v) is 6.30. The monoisotopic (exact) mass is 317 g/mol. The highest BCUT2D eigenvalue weighted by Crippen LogP contribution is 2.35. The number of rotatable bonds is 5. The van der Waals surface area contributed by atoms with Gasteiger partial charge >= 0.3 is 0 Å². The van der Waals surface area contributed by atoms with Gasteiger partial charge in [-0.15, -0.1) is 6.58 Å². The van der Waals surface area contributed by atoms with Crippen LogP contribution >= 0.6 is 0 Å². The first-order valence-corrected chi connectivity index (χ1v) is 8.32. The molecule has 0 bridgehead atoms. The van der Waals surface area contributed by atoms with Crippen LogP contribution in [0.1, 0.15) is 18.4 Å². The van der Waals surface area contributed by atoms with E-state index in [1.54, 1.807) is 6.08 Å². The van der Waals surface area contributed by atoms with Gasteiger partial charge in [0.25, 0.3) is 0 Å². The Morgan fingerprint density at radius 2 is 2.17 bits per heavy atom. The summed E-state index contributed by atoms with van der Waals surface area (Å²) in [6, 6.07) is 6.65. The largest absolute Gasteiger partial charge is 0.454 e. The fraction of sp³-hybridized carbons (Fsp3) is 0.556. The molecular formula is C18H23NO4. The van der Waals surface area contributed by atoms with Crippen LogP contribution in [0, 0.1) is 0 Å². The summed E-state index contributed by atoms with van der Waals surface area (Å²) in [6.45, 7) is 7.28. The van der Waals surface area contributed by atoms with E-state index in [1.807, 2.05) is 6.07 Å². The average molecular weight is 317 g/mol. The predicted molar refractivity (Wildman–Crippen MR) is 85.7 cm³/mol. The summed E-state index contributed by atoms with van der Waals surface area (Å²) in [5.74, 6) is 1.69. The first-order chi connectivity index (χ1) is 11.3. The Balaban J connectivity index is 1.44. The molecule has 0 amide bonds. The van der Waals surface area contributed by atoms with Gasteiger partial charge in [0.2, 0.25) is 6.79 Å². The van der Waals surface area contributed by atoms with E-state index >= 15 is 0 Å². The molecule has 2 aliphatic heterocycles. The van der Waals surface area contributed by atoms with Crippen LogP contribution in [0.5, 0.6) is 11.5 Å². The minimum Gasteiger partial charge on any atom is -0.454 e. The molecule has 1 aromatic carbocycles. The first kappa shape index (κ1) is 15.0. The summed E-state index contributed by atoms with van der Waals surface area (Å²) in [7, 11) is 0. The van der Waals surface area contributed by atoms with E-state index in [0.29, 0.717) is 19.4 Å². The zero-order valence-corrected chi connectivity index (χ0v) is 13.3. The minimum atomic E-state index is 0.178. The van der Waals surface area contributed by atoms with Crippen LogP contribution < -0.4 is 9.47 Å². The van der Waals surface area contributed by atoms with Gasteiger partial charge < -0.3 is 18.9 Å². The molecule has 3 atom stereocenters. The van der Waals surface area contributed by atoms with Crippen molar-refractivity contribution in [2.75, 3.05) is 26.6 Å². The highest BCUT2D eigenvalue weighted by molar-refractivity contribution is 5.44. The molecule has 3 aliphatic rings. The Morgan fingerprint density at radius 3 is 3.09 bits per heavy atom. The highest BCUT2D eigenvalue weighted by atomic mass is 16.7. The fourth-order valence-electron chi connectivity index (χ4n) is 3.83. The molecule has 0 aromatic heterocycles. The molecule has 23 heavy (non-hydrogen) atoms. The van der Waals surface area contributed by atoms with E-state index in [1.165, 1.54) is 5.56 Å². The minimum absolute atomic E-state index is 0.178. The highest BCUT2D eigenvalue weighted by Gasteiger charge is 2.43. The molecule has 5 nitrogen and oxygen atoms in total. The van der Waals surface area contributed by atoms with Crippen molar-refractivity contribution in [3.05, 3.63) is 36.4 Å². The van der Waals surface area contributed by atoms with Crippen LogP contribution in [0.2, 0.25) is 0 Å². The van der Waals surface area contributed by atoms with Gasteiger partial charge in [-0.1, -0.05) is 12.1 Å². The third kappa shape index (κ3) is 2.96. The molecule has 1 aliphatic carbocycles. The molecule has 5 heteroatoms. The number of benzene rings is 1. The number of fused-ring (bicyclic) bond motifs is 2. The predicted octanol–water partition coefficient (Wildman–Crippen LogP) is 2.35. The Kier molecular flexibility index (Phi) is 4.25. The normalized spacial score (nSPS) is 29.5. The lowest BCUT2D eigenvalue weighted by atomic mass is 10.1. The second-order valence-electron chi connectivity index (χ2n) is 6.30. The van der Waals surface area contributed by atoms with E-state index in [-0.39, 0.29) is 12.2 Å². The molecule has 1 aromatic rings. The summed E-state index contributed by atoms with van der Waals surface area (Å²) >= 11 is 0. The van der Waals surface area contributed by atoms with Crippen LogP contribution in [0.25, 0.3) is 0 Å². The number of morpholine rings is 1. The average Bonchev–Trinajstić information content (AvgIpc) is 3.19. The number of hydrogen-bond acceptors (Lipinski definition) is 5. The molecule has 1 saturated heterocycles. The third-order valence-corrected chi connectivity index (χ3v) is 4.90. The zero-order chi connectivity index (χ0) is 15.6. The molecule has 0 N–H and O–H groups in total. The second kappa shape index (κ2) is 6.51. The molecule has 1 saturated carbocycles. The van der Waals surface area contributed by atoms with Crippen molar-refractivity contribution in [1.82, 2.24) is 4.90 Å². The van der Waals surface area contributed by atoms with Gasteiger partial charge in [-0.25, -0.2) is 0 Å². The van der Waals surface area contributed by atoms with Gasteiger partial charge in [-0.2, -0.15) is 0 Å². The van der Waals surface area contributed by atoms with Crippen LogP contribution in [0.3, 0.4) is 0 Å². The summed E-state index contributed by atoms with van der Waals surface area (Å²) in [5, 5.41) is 0. The zero-order valence-electron chi connectivity index (χ0n) is 13.3. The van der Waals surface area contributed by atoms with Crippen molar-refractivity contribution < 1.29 is 18.9 Å². The maximum Gasteiger partial charge on any atom is 0.231 e. The van der Waals surface area contributed by atoms with Crippen molar-refractivity contribution in [2.24, 2.45) is 0 Å². The van der Waals surface area contributed by atoms with Crippen molar-refractivity contribution in [3.63, 3.8) is 0 Å². The number of nitrogens with zero attached hydrogens (tertiary/aromatic N) is 1. The maximum atomic E-state index is 6.01. The fourth-order valence-corrected chi connectivity index (χ4v) is 3.83. The van der Waals surface area contributed by atoms with Crippen LogP contribution in [0.15, 0.2) is 30.9 Å². The smallest absolute Gasteiger partial charge is 0.231 e. The third-order valence-electron chi connectivity index (χ3n) is 4.90. The number of hydrogen-bond donors (Lipinski definition) is 0. The lowest BCUT2D eigenvalue weighted by Crippen LogP contribution is -2.51. The van der Waals surface area contributed by atoms with Crippen LogP contribution in [0.4, 0.5) is 0 Å². The van der Waals surface area contributed by atoms with Crippen molar-refractivity contribution in [3.8, 4) is 11.5 Å². The maximum absolute atomic E-state index is 6.01. The lowest BCUT2D eigenvalue weighted by molar-refractivity contribution is -0.111. The summed E-state index contributed by atoms with van der Waals surface area (Å²) < 4.78 is 22.7. The van der Waals surface area contributed by atoms with E-state index in [9.17, 15) is 0 Å². The molecule has 2 fully saturated rings. The summed E-state index contributed by atoms with van der Waals surface area (Å²) in [6.07, 6.45) is 4.36. The summed E-state index contributed by atoms with van der Waals surface area (Å²) in [4.78, 5) is 2.52. The van der Waals surface area contributed by atoms with E-state index in [4.69, 9.17) is 18.9 Å². The molecule has 0 unspecified atom stereocenters. The van der Waals surface area contributed by atoms with E-state index in [0.717, 1.165) is 44.0 Å². The van der Waals surface area contributed by atoms with Crippen LogP contribution in [-0.2, 0) is 16.0 Å². The van der Waals surface area contributed by atoms with E-state index in [2.05, 4.69) is 23.6 Å². The lowest BCUT2D eigenvalue weighted by Gasteiger charge is -2.39. The Labute approximate surface area is 136 Å². The van der Waals surface area contributed by atoms with Crippen molar-refractivity contribution in [2.45, 2.75) is 37.6 Å². The van der Waals surface area contributed by atoms with Crippen molar-refractivity contribution >= 4 is 0 Å². The topological polar surface area (TPSA) is 40.2 Å². The van der Waals surface area contributed by atoms with Gasteiger partial charge in [0.05, 0.1) is 25.4 Å². The Morgan fingerprint density at radius 1 is 1.26 bits per heavy atom. The Hall–Kier alpha value is -1.56.